The van der Waals surface area contributed by atoms with Crippen LogP contribution in [0.1, 0.15) is 0 Å². The molecule has 180 valence electrons. The Morgan fingerprint density at radius 2 is 1.53 bits per heavy atom. The molecule has 0 fully saturated rings. The highest BCUT2D eigenvalue weighted by atomic mass is 35.5. The van der Waals surface area contributed by atoms with Crippen molar-refractivity contribution in [2.45, 2.75) is 0 Å². The van der Waals surface area contributed by atoms with Crippen LogP contribution in [-0.4, -0.2) is 16.9 Å². The molecule has 3 aromatic carbocycles. The summed E-state index contributed by atoms with van der Waals surface area (Å²) >= 11 is 6.36. The second-order valence-electron chi connectivity index (χ2n) is 7.43. The van der Waals surface area contributed by atoms with Gasteiger partial charge in [0.15, 0.2) is 0 Å². The number of amides is 3. The van der Waals surface area contributed by atoms with Gasteiger partial charge in [0.1, 0.15) is 17.3 Å². The molecule has 1 aromatic heterocycles. The SMILES string of the molecule is C=CC(=O)Nc1ccccc1Nc1cc(Oc2ccc(NC(=O)Nc3ccccc3)c(Cl)c2)ccn1. The van der Waals surface area contributed by atoms with Gasteiger partial charge in [0, 0.05) is 24.0 Å². The first kappa shape index (κ1) is 24.3. The molecule has 0 saturated carbocycles. The van der Waals surface area contributed by atoms with Crippen LogP contribution >= 0.6 is 11.6 Å². The molecule has 0 saturated heterocycles. The average molecular weight is 500 g/mol. The number of para-hydroxylation sites is 3. The number of carbonyl (C=O) groups is 2. The van der Waals surface area contributed by atoms with Crippen molar-refractivity contribution in [3.8, 4) is 11.5 Å². The summed E-state index contributed by atoms with van der Waals surface area (Å²) in [5, 5.41) is 11.7. The average Bonchev–Trinajstić information content (AvgIpc) is 2.87. The Morgan fingerprint density at radius 3 is 2.28 bits per heavy atom. The summed E-state index contributed by atoms with van der Waals surface area (Å²) < 4.78 is 5.93. The van der Waals surface area contributed by atoms with Crippen molar-refractivity contribution < 1.29 is 14.3 Å². The first-order valence-electron chi connectivity index (χ1n) is 10.9. The van der Waals surface area contributed by atoms with Crippen LogP contribution in [0.3, 0.4) is 0 Å². The quantitative estimate of drug-likeness (QED) is 0.195. The Balaban J connectivity index is 1.42. The number of nitrogens with one attached hydrogen (secondary N) is 4. The van der Waals surface area contributed by atoms with E-state index in [4.69, 9.17) is 16.3 Å². The number of rotatable bonds is 8. The summed E-state index contributed by atoms with van der Waals surface area (Å²) in [6.45, 7) is 3.47. The van der Waals surface area contributed by atoms with Gasteiger partial charge in [-0.25, -0.2) is 9.78 Å². The molecule has 0 aliphatic carbocycles. The fourth-order valence-electron chi connectivity index (χ4n) is 3.17. The topological polar surface area (TPSA) is 104 Å². The third kappa shape index (κ3) is 6.62. The normalized spacial score (nSPS) is 10.1. The van der Waals surface area contributed by atoms with Crippen molar-refractivity contribution in [2.24, 2.45) is 0 Å². The molecule has 4 aromatic rings. The Bertz CT molecular complexity index is 1400. The van der Waals surface area contributed by atoms with Crippen LogP contribution < -0.4 is 26.0 Å². The van der Waals surface area contributed by atoms with Crippen molar-refractivity contribution in [3.05, 3.63) is 109 Å². The third-order valence-electron chi connectivity index (χ3n) is 4.82. The lowest BCUT2D eigenvalue weighted by atomic mass is 10.2. The molecule has 0 spiro atoms. The number of urea groups is 1. The van der Waals surface area contributed by atoms with E-state index in [2.05, 4.69) is 32.8 Å². The van der Waals surface area contributed by atoms with Gasteiger partial charge in [0.05, 0.1) is 22.1 Å². The highest BCUT2D eigenvalue weighted by Gasteiger charge is 2.10. The number of nitrogens with zero attached hydrogens (tertiary/aromatic N) is 1. The van der Waals surface area contributed by atoms with E-state index >= 15 is 0 Å². The van der Waals surface area contributed by atoms with E-state index in [9.17, 15) is 9.59 Å². The summed E-state index contributed by atoms with van der Waals surface area (Å²) in [7, 11) is 0. The van der Waals surface area contributed by atoms with E-state index in [1.54, 1.807) is 54.7 Å². The Labute approximate surface area is 213 Å². The van der Waals surface area contributed by atoms with Gasteiger partial charge in [0.2, 0.25) is 5.91 Å². The maximum absolute atomic E-state index is 12.2. The van der Waals surface area contributed by atoms with E-state index in [-0.39, 0.29) is 5.91 Å². The lowest BCUT2D eigenvalue weighted by Crippen LogP contribution is -2.19. The van der Waals surface area contributed by atoms with Gasteiger partial charge in [0.25, 0.3) is 0 Å². The van der Waals surface area contributed by atoms with Crippen LogP contribution in [0.2, 0.25) is 5.02 Å². The van der Waals surface area contributed by atoms with Crippen LogP contribution in [0.15, 0.2) is 104 Å². The molecule has 4 N–H and O–H groups in total. The minimum absolute atomic E-state index is 0.315. The van der Waals surface area contributed by atoms with Gasteiger partial charge in [-0.15, -0.1) is 0 Å². The second-order valence-corrected chi connectivity index (χ2v) is 7.84. The summed E-state index contributed by atoms with van der Waals surface area (Å²) in [5.41, 5.74) is 2.35. The number of anilines is 5. The van der Waals surface area contributed by atoms with E-state index < -0.39 is 6.03 Å². The minimum Gasteiger partial charge on any atom is -0.457 e. The van der Waals surface area contributed by atoms with Crippen molar-refractivity contribution in [1.82, 2.24) is 4.98 Å². The van der Waals surface area contributed by atoms with Crippen molar-refractivity contribution in [1.29, 1.82) is 0 Å². The third-order valence-corrected chi connectivity index (χ3v) is 5.13. The van der Waals surface area contributed by atoms with Crippen LogP contribution in [0.4, 0.5) is 33.4 Å². The molecule has 0 unspecified atom stereocenters. The Kier molecular flexibility index (Phi) is 7.80. The highest BCUT2D eigenvalue weighted by Crippen LogP contribution is 2.31. The number of hydrogen-bond acceptors (Lipinski definition) is 5. The molecule has 8 nitrogen and oxygen atoms in total. The molecule has 36 heavy (non-hydrogen) atoms. The molecular formula is C27H22ClN5O3. The fraction of sp³-hybridized carbons (Fsp3) is 0. The zero-order valence-electron chi connectivity index (χ0n) is 19.0. The zero-order chi connectivity index (χ0) is 25.3. The number of benzene rings is 3. The minimum atomic E-state index is -0.411. The maximum atomic E-state index is 12.2. The molecule has 0 atom stereocenters. The van der Waals surface area contributed by atoms with Gasteiger partial charge in [-0.1, -0.05) is 48.5 Å². The molecule has 1 heterocycles. The van der Waals surface area contributed by atoms with Crippen molar-refractivity contribution in [3.63, 3.8) is 0 Å². The van der Waals surface area contributed by atoms with Gasteiger partial charge in [-0.2, -0.15) is 0 Å². The number of carbonyl (C=O) groups excluding carboxylic acids is 2. The maximum Gasteiger partial charge on any atom is 0.323 e. The van der Waals surface area contributed by atoms with Crippen molar-refractivity contribution in [2.75, 3.05) is 21.3 Å². The lowest BCUT2D eigenvalue weighted by Gasteiger charge is -2.13. The zero-order valence-corrected chi connectivity index (χ0v) is 19.8. The summed E-state index contributed by atoms with van der Waals surface area (Å²) in [5.74, 6) is 1.18. The Hall–Kier alpha value is -4.82. The van der Waals surface area contributed by atoms with Crippen molar-refractivity contribution >= 4 is 52.1 Å². The standard InChI is InChI=1S/C27H22ClN5O3/c1-2-26(34)32-24-11-7-6-10-23(24)31-25-17-20(14-15-29-25)36-19-12-13-22(21(28)16-19)33-27(35)30-18-8-4-3-5-9-18/h2-17H,1H2,(H,29,31)(H,32,34)(H2,30,33,35). The number of pyridine rings is 1. The Morgan fingerprint density at radius 1 is 0.806 bits per heavy atom. The molecule has 0 aliphatic heterocycles. The predicted octanol–water partition coefficient (Wildman–Crippen LogP) is 7.04. The molecule has 0 bridgehead atoms. The summed E-state index contributed by atoms with van der Waals surface area (Å²) in [4.78, 5) is 28.3. The summed E-state index contributed by atoms with van der Waals surface area (Å²) in [6.07, 6.45) is 2.79. The van der Waals surface area contributed by atoms with Crippen LogP contribution in [-0.2, 0) is 4.79 Å². The first-order valence-corrected chi connectivity index (χ1v) is 11.2. The van der Waals surface area contributed by atoms with E-state index in [1.807, 2.05) is 36.4 Å². The molecule has 4 rings (SSSR count). The molecule has 0 aliphatic rings. The highest BCUT2D eigenvalue weighted by molar-refractivity contribution is 6.34. The largest absolute Gasteiger partial charge is 0.457 e. The lowest BCUT2D eigenvalue weighted by molar-refractivity contribution is -0.111. The number of ether oxygens (including phenoxy) is 1. The number of aromatic nitrogens is 1. The van der Waals surface area contributed by atoms with E-state index in [0.717, 1.165) is 0 Å². The van der Waals surface area contributed by atoms with Crippen LogP contribution in [0.25, 0.3) is 0 Å². The second kappa shape index (κ2) is 11.5. The molecule has 9 heteroatoms. The predicted molar refractivity (Wildman–Crippen MR) is 143 cm³/mol. The van der Waals surface area contributed by atoms with E-state index in [1.165, 1.54) is 6.08 Å². The van der Waals surface area contributed by atoms with E-state index in [0.29, 0.717) is 45.1 Å². The first-order chi connectivity index (χ1) is 17.5. The molecule has 0 radical (unpaired) electrons. The van der Waals surface area contributed by atoms with Crippen LogP contribution in [0, 0.1) is 0 Å². The summed E-state index contributed by atoms with van der Waals surface area (Å²) in [6, 6.07) is 24.3. The fourth-order valence-corrected chi connectivity index (χ4v) is 3.39. The smallest absolute Gasteiger partial charge is 0.323 e. The van der Waals surface area contributed by atoms with Gasteiger partial charge in [-0.05, 0) is 48.5 Å². The van der Waals surface area contributed by atoms with Gasteiger partial charge >= 0.3 is 6.03 Å². The number of halogens is 1. The molecular weight excluding hydrogens is 478 g/mol. The number of hydrogen-bond donors (Lipinski definition) is 4. The van der Waals surface area contributed by atoms with Crippen LogP contribution in [0.5, 0.6) is 11.5 Å². The van der Waals surface area contributed by atoms with Gasteiger partial charge in [-0.3, -0.25) is 4.79 Å². The molecule has 3 amide bonds. The monoisotopic (exact) mass is 499 g/mol. The van der Waals surface area contributed by atoms with Gasteiger partial charge < -0.3 is 26.0 Å².